The molecule has 0 aromatic carbocycles. The van der Waals surface area contributed by atoms with Crippen LogP contribution in [0.25, 0.3) is 0 Å². The van der Waals surface area contributed by atoms with Gasteiger partial charge in [-0.1, -0.05) is 0 Å². The van der Waals surface area contributed by atoms with E-state index < -0.39 is 19.8 Å². The van der Waals surface area contributed by atoms with Gasteiger partial charge in [0, 0.05) is 0 Å². The van der Waals surface area contributed by atoms with Crippen LogP contribution in [-0.2, 0) is 0 Å². The zero-order valence-electron chi connectivity index (χ0n) is 10.3. The topological polar surface area (TPSA) is 0 Å². The van der Waals surface area contributed by atoms with Gasteiger partial charge in [0.25, 0.3) is 0 Å². The summed E-state index contributed by atoms with van der Waals surface area (Å²) < 4.78 is 3.89. The minimum atomic E-state index is -1.21. The number of hydrogen-bond acceptors (Lipinski definition) is 0. The summed E-state index contributed by atoms with van der Waals surface area (Å²) in [4.78, 5) is 0. The Morgan fingerprint density at radius 2 is 1.67 bits per heavy atom. The van der Waals surface area contributed by atoms with Crippen molar-refractivity contribution in [3.63, 3.8) is 0 Å². The SMILES string of the molecule is CCCCCCC[CH](Cl)[SnH]1[CH2]CCC[CH2]1. The standard InChI is InChI=1S/C8H16Cl.C5H10.Sn.H/c1-2-3-4-5-6-7-8-9;1-3-5-4-2;;/h8H,2-7H2,1H3;1-5H2;;. The van der Waals surface area contributed by atoms with E-state index >= 15 is 0 Å². The Bertz CT molecular complexity index is 143. The third-order valence-corrected chi connectivity index (χ3v) is 16.8. The van der Waals surface area contributed by atoms with Crippen LogP contribution in [0.3, 0.4) is 0 Å². The molecule has 90 valence electrons. The second kappa shape index (κ2) is 9.15. The van der Waals surface area contributed by atoms with Crippen LogP contribution in [-0.4, -0.2) is 23.2 Å². The second-order valence-corrected chi connectivity index (χ2v) is 16.8. The summed E-state index contributed by atoms with van der Waals surface area (Å²) in [5.41, 5.74) is 0. The van der Waals surface area contributed by atoms with E-state index in [1.165, 1.54) is 57.8 Å². The summed E-state index contributed by atoms with van der Waals surface area (Å²) in [7, 11) is 0. The zero-order chi connectivity index (χ0) is 10.9. The predicted molar refractivity (Wildman–Crippen MR) is 73.6 cm³/mol. The Labute approximate surface area is 108 Å². The van der Waals surface area contributed by atoms with E-state index in [0.717, 1.165) is 0 Å². The first-order valence-electron chi connectivity index (χ1n) is 6.98. The molecule has 1 atom stereocenters. The van der Waals surface area contributed by atoms with Crippen LogP contribution in [0.1, 0.15) is 64.7 Å². The summed E-state index contributed by atoms with van der Waals surface area (Å²) in [6.45, 7) is 2.28. The van der Waals surface area contributed by atoms with Crippen molar-refractivity contribution >= 4 is 31.4 Å². The monoisotopic (exact) mass is 338 g/mol. The van der Waals surface area contributed by atoms with Crippen LogP contribution in [0, 0.1) is 0 Å². The van der Waals surface area contributed by atoms with Gasteiger partial charge < -0.3 is 0 Å². The molecule has 15 heavy (non-hydrogen) atoms. The van der Waals surface area contributed by atoms with Crippen molar-refractivity contribution in [2.45, 2.75) is 77.0 Å². The molecule has 0 aromatic heterocycles. The van der Waals surface area contributed by atoms with Crippen molar-refractivity contribution < 1.29 is 0 Å². The van der Waals surface area contributed by atoms with Crippen molar-refractivity contribution in [3.05, 3.63) is 0 Å². The van der Waals surface area contributed by atoms with E-state index in [0.29, 0.717) is 3.39 Å². The molecule has 1 rings (SSSR count). The molecule has 1 fully saturated rings. The molecule has 0 N–H and O–H groups in total. The molecule has 0 spiro atoms. The van der Waals surface area contributed by atoms with E-state index in [9.17, 15) is 0 Å². The molecule has 0 amide bonds. The first-order chi connectivity index (χ1) is 7.34. The summed E-state index contributed by atoms with van der Waals surface area (Å²) in [6.07, 6.45) is 12.9. The van der Waals surface area contributed by atoms with E-state index in [-0.39, 0.29) is 0 Å². The minimum absolute atomic E-state index is 0.689. The fourth-order valence-corrected chi connectivity index (χ4v) is 14.1. The normalized spacial score (nSPS) is 20.4. The Hall–Kier alpha value is 1.09. The molecule has 0 aliphatic carbocycles. The number of rotatable bonds is 7. The van der Waals surface area contributed by atoms with Crippen molar-refractivity contribution in [1.82, 2.24) is 0 Å². The summed E-state index contributed by atoms with van der Waals surface area (Å²) in [6, 6.07) is 0. The third kappa shape index (κ3) is 6.41. The van der Waals surface area contributed by atoms with Crippen molar-refractivity contribution in [2.24, 2.45) is 0 Å². The fraction of sp³-hybridized carbons (Fsp3) is 1.00. The maximum atomic E-state index is 6.57. The van der Waals surface area contributed by atoms with Crippen molar-refractivity contribution in [1.29, 1.82) is 0 Å². The second-order valence-electron chi connectivity index (χ2n) is 5.12. The first-order valence-corrected chi connectivity index (χ1v) is 14.0. The Balaban J connectivity index is 1.99. The molecule has 0 bridgehead atoms. The van der Waals surface area contributed by atoms with Crippen LogP contribution < -0.4 is 0 Å². The van der Waals surface area contributed by atoms with Crippen LogP contribution in [0.2, 0.25) is 8.87 Å². The van der Waals surface area contributed by atoms with Gasteiger partial charge in [0.1, 0.15) is 0 Å². The zero-order valence-corrected chi connectivity index (χ0v) is 14.4. The Kier molecular flexibility index (Phi) is 8.64. The average Bonchev–Trinajstić information content (AvgIpc) is 2.30. The molecule has 0 saturated carbocycles. The van der Waals surface area contributed by atoms with Crippen LogP contribution in [0.5, 0.6) is 0 Å². The molecule has 0 nitrogen and oxygen atoms in total. The van der Waals surface area contributed by atoms with Gasteiger partial charge in [0.05, 0.1) is 0 Å². The summed E-state index contributed by atoms with van der Waals surface area (Å²) in [5, 5.41) is 0. The molecule has 0 aromatic rings. The van der Waals surface area contributed by atoms with Gasteiger partial charge in [-0.25, -0.2) is 0 Å². The molecule has 1 heterocycles. The van der Waals surface area contributed by atoms with E-state index in [1.807, 2.05) is 0 Å². The van der Waals surface area contributed by atoms with Gasteiger partial charge in [-0.15, -0.1) is 0 Å². The maximum absolute atomic E-state index is 6.57. The summed E-state index contributed by atoms with van der Waals surface area (Å²) in [5.74, 6) is 0. The van der Waals surface area contributed by atoms with Gasteiger partial charge in [-0.3, -0.25) is 0 Å². The van der Waals surface area contributed by atoms with Crippen molar-refractivity contribution in [3.8, 4) is 0 Å². The molecule has 1 unspecified atom stereocenters. The number of alkyl halides is 1. The molecular weight excluding hydrogens is 310 g/mol. The van der Waals surface area contributed by atoms with Gasteiger partial charge in [-0.05, 0) is 0 Å². The molecule has 2 heteroatoms. The van der Waals surface area contributed by atoms with Crippen LogP contribution in [0.4, 0.5) is 0 Å². The van der Waals surface area contributed by atoms with Gasteiger partial charge in [0.15, 0.2) is 0 Å². The predicted octanol–water partition coefficient (Wildman–Crippen LogP) is 4.90. The van der Waals surface area contributed by atoms with E-state index in [2.05, 4.69) is 6.92 Å². The fourth-order valence-electron chi connectivity index (χ4n) is 2.67. The molecule has 1 aliphatic rings. The van der Waals surface area contributed by atoms with E-state index in [4.69, 9.17) is 11.6 Å². The Morgan fingerprint density at radius 1 is 1.00 bits per heavy atom. The molecular formula is C13H27ClSn. The average molecular weight is 338 g/mol. The van der Waals surface area contributed by atoms with Crippen molar-refractivity contribution in [2.75, 3.05) is 0 Å². The van der Waals surface area contributed by atoms with Gasteiger partial charge in [-0.2, -0.15) is 0 Å². The van der Waals surface area contributed by atoms with Gasteiger partial charge >= 0.3 is 108 Å². The molecule has 1 saturated heterocycles. The van der Waals surface area contributed by atoms with Gasteiger partial charge in [0.2, 0.25) is 0 Å². The number of halogens is 1. The first kappa shape index (κ1) is 14.2. The van der Waals surface area contributed by atoms with Crippen LogP contribution in [0.15, 0.2) is 0 Å². The molecule has 1 aliphatic heterocycles. The van der Waals surface area contributed by atoms with E-state index in [1.54, 1.807) is 8.87 Å². The number of hydrogen-bond donors (Lipinski definition) is 0. The van der Waals surface area contributed by atoms with Crippen LogP contribution >= 0.6 is 11.6 Å². The Morgan fingerprint density at radius 3 is 2.33 bits per heavy atom. The quantitative estimate of drug-likeness (QED) is 0.352. The third-order valence-electron chi connectivity index (χ3n) is 3.74. The number of unbranched alkanes of at least 4 members (excludes halogenated alkanes) is 4. The molecule has 0 radical (unpaired) electrons. The summed E-state index contributed by atoms with van der Waals surface area (Å²) >= 11 is 5.36.